The number of likely N-dealkylation sites (tertiary alicyclic amines) is 1. The van der Waals surface area contributed by atoms with E-state index in [2.05, 4.69) is 15.6 Å². The van der Waals surface area contributed by atoms with Crippen molar-refractivity contribution >= 4 is 15.9 Å². The van der Waals surface area contributed by atoms with Gasteiger partial charge in [-0.15, -0.1) is 5.10 Å². The van der Waals surface area contributed by atoms with Gasteiger partial charge in [-0.3, -0.25) is 0 Å². The van der Waals surface area contributed by atoms with Gasteiger partial charge in [0.1, 0.15) is 21.3 Å². The van der Waals surface area contributed by atoms with Gasteiger partial charge in [0.05, 0.1) is 31.3 Å². The number of carbonyl (C=O) groups is 1. The van der Waals surface area contributed by atoms with Crippen molar-refractivity contribution < 1.29 is 17.9 Å². The summed E-state index contributed by atoms with van der Waals surface area (Å²) in [7, 11) is -1.53. The normalized spacial score (nSPS) is 17.1. The van der Waals surface area contributed by atoms with E-state index in [1.54, 1.807) is 22.9 Å². The zero-order chi connectivity index (χ0) is 19.4. The molecule has 0 radical (unpaired) electrons. The van der Waals surface area contributed by atoms with Crippen LogP contribution in [-0.2, 0) is 16.4 Å². The van der Waals surface area contributed by atoms with Crippen molar-refractivity contribution in [3.63, 3.8) is 0 Å². The summed E-state index contributed by atoms with van der Waals surface area (Å²) < 4.78 is 29.8. The number of ether oxygens (including phenoxy) is 1. The highest BCUT2D eigenvalue weighted by atomic mass is 32.2. The number of nitrogens with one attached hydrogen (secondary N) is 1. The molecule has 0 unspecified atom stereocenters. The summed E-state index contributed by atoms with van der Waals surface area (Å²) in [6.45, 7) is 0.779. The summed E-state index contributed by atoms with van der Waals surface area (Å²) in [5.74, 6) is 0.745. The van der Waals surface area contributed by atoms with Crippen LogP contribution in [0.15, 0.2) is 30.5 Å². The molecule has 9 nitrogen and oxygen atoms in total. The summed E-state index contributed by atoms with van der Waals surface area (Å²) in [6.07, 6.45) is 4.44. The Labute approximate surface area is 158 Å². The fraction of sp³-hybridized carbons (Fsp3) is 0.471. The molecule has 1 aromatic heterocycles. The highest BCUT2D eigenvalue weighted by Gasteiger charge is 2.31. The third-order valence-electron chi connectivity index (χ3n) is 4.43. The molecule has 1 aromatic carbocycles. The molecule has 2 amide bonds. The third-order valence-corrected chi connectivity index (χ3v) is 5.42. The number of methoxy groups -OCH3 is 1. The smallest absolute Gasteiger partial charge is 0.318 e. The molecule has 27 heavy (non-hydrogen) atoms. The average Bonchev–Trinajstić information content (AvgIpc) is 3.28. The fourth-order valence-corrected chi connectivity index (χ4v) is 4.18. The van der Waals surface area contributed by atoms with E-state index in [-0.39, 0.29) is 24.4 Å². The molecule has 0 saturated carbocycles. The van der Waals surface area contributed by atoms with Crippen LogP contribution in [-0.4, -0.2) is 66.0 Å². The van der Waals surface area contributed by atoms with Crippen molar-refractivity contribution in [2.24, 2.45) is 0 Å². The Bertz CT molecular complexity index is 894. The molecule has 1 atom stereocenters. The maximum absolute atomic E-state index is 12.4. The van der Waals surface area contributed by atoms with Gasteiger partial charge in [0.15, 0.2) is 0 Å². The molecule has 1 fully saturated rings. The van der Waals surface area contributed by atoms with E-state index < -0.39 is 9.84 Å². The lowest BCUT2D eigenvalue weighted by atomic mass is 10.2. The summed E-state index contributed by atoms with van der Waals surface area (Å²) in [6, 6.07) is 6.82. The van der Waals surface area contributed by atoms with Gasteiger partial charge in [0, 0.05) is 18.8 Å². The monoisotopic (exact) mass is 393 g/mol. The molecule has 10 heteroatoms. The van der Waals surface area contributed by atoms with Crippen molar-refractivity contribution in [3.8, 4) is 11.4 Å². The maximum atomic E-state index is 12.4. The highest BCUT2D eigenvalue weighted by molar-refractivity contribution is 7.90. The molecule has 0 bridgehead atoms. The van der Waals surface area contributed by atoms with Gasteiger partial charge in [-0.05, 0) is 37.1 Å². The Hall–Kier alpha value is -2.62. The minimum absolute atomic E-state index is 0.00588. The van der Waals surface area contributed by atoms with Crippen LogP contribution in [0.5, 0.6) is 5.75 Å². The topological polar surface area (TPSA) is 106 Å². The van der Waals surface area contributed by atoms with Crippen molar-refractivity contribution in [3.05, 3.63) is 36.2 Å². The second kappa shape index (κ2) is 7.95. The molecule has 2 aromatic rings. The first-order valence-corrected chi connectivity index (χ1v) is 10.7. The van der Waals surface area contributed by atoms with E-state index in [9.17, 15) is 13.2 Å². The number of sulfone groups is 1. The van der Waals surface area contributed by atoms with E-state index in [1.165, 1.54) is 6.26 Å². The van der Waals surface area contributed by atoms with Crippen molar-refractivity contribution in [2.45, 2.75) is 25.4 Å². The number of carbonyl (C=O) groups excluding carboxylic acids is 1. The van der Waals surface area contributed by atoms with Gasteiger partial charge in [-0.25, -0.2) is 17.9 Å². The molecule has 2 heterocycles. The lowest BCUT2D eigenvalue weighted by Gasteiger charge is -2.24. The second-order valence-electron chi connectivity index (χ2n) is 6.59. The second-order valence-corrected chi connectivity index (χ2v) is 8.78. The predicted octanol–water partition coefficient (Wildman–Crippen LogP) is 0.995. The molecular formula is C17H23N5O4S. The molecule has 1 saturated heterocycles. The van der Waals surface area contributed by atoms with Crippen LogP contribution in [0.4, 0.5) is 4.79 Å². The number of urea groups is 1. The first kappa shape index (κ1) is 19.2. The number of hydrogen-bond acceptors (Lipinski definition) is 6. The Morgan fingerprint density at radius 3 is 2.74 bits per heavy atom. The van der Waals surface area contributed by atoms with Crippen LogP contribution < -0.4 is 10.1 Å². The molecule has 0 spiro atoms. The van der Waals surface area contributed by atoms with Crippen LogP contribution in [0.1, 0.15) is 18.5 Å². The van der Waals surface area contributed by atoms with E-state index in [0.29, 0.717) is 18.7 Å². The Balaban J connectivity index is 1.58. The van der Waals surface area contributed by atoms with Gasteiger partial charge >= 0.3 is 6.03 Å². The maximum Gasteiger partial charge on any atom is 0.318 e. The van der Waals surface area contributed by atoms with Crippen LogP contribution in [0.2, 0.25) is 0 Å². The van der Waals surface area contributed by atoms with Crippen LogP contribution in [0.25, 0.3) is 5.69 Å². The van der Waals surface area contributed by atoms with Gasteiger partial charge < -0.3 is 15.0 Å². The van der Waals surface area contributed by atoms with E-state index in [4.69, 9.17) is 4.74 Å². The van der Waals surface area contributed by atoms with E-state index >= 15 is 0 Å². The first-order valence-electron chi connectivity index (χ1n) is 8.63. The third kappa shape index (κ3) is 4.97. The van der Waals surface area contributed by atoms with Gasteiger partial charge in [0.25, 0.3) is 0 Å². The number of hydrogen-bond donors (Lipinski definition) is 1. The quantitative estimate of drug-likeness (QED) is 0.785. The molecule has 1 N–H and O–H groups in total. The fourth-order valence-electron chi connectivity index (χ4n) is 3.13. The largest absolute Gasteiger partial charge is 0.497 e. The highest BCUT2D eigenvalue weighted by Crippen LogP contribution is 2.19. The summed E-state index contributed by atoms with van der Waals surface area (Å²) >= 11 is 0. The van der Waals surface area contributed by atoms with Crippen LogP contribution in [0, 0.1) is 0 Å². The number of amides is 2. The van der Waals surface area contributed by atoms with Gasteiger partial charge in [0.2, 0.25) is 0 Å². The van der Waals surface area contributed by atoms with Crippen molar-refractivity contribution in [1.82, 2.24) is 25.2 Å². The Kier molecular flexibility index (Phi) is 5.64. The number of aromatic nitrogens is 3. The minimum Gasteiger partial charge on any atom is -0.497 e. The molecule has 1 aliphatic rings. The number of benzene rings is 1. The lowest BCUT2D eigenvalue weighted by Crippen LogP contribution is -2.45. The zero-order valence-corrected chi connectivity index (χ0v) is 16.1. The first-order chi connectivity index (χ1) is 12.9. The number of nitrogens with zero attached hydrogens (tertiary/aromatic N) is 4. The molecule has 146 valence electrons. The predicted molar refractivity (Wildman–Crippen MR) is 99.6 cm³/mol. The summed E-state index contributed by atoms with van der Waals surface area (Å²) in [4.78, 5) is 14.0. The summed E-state index contributed by atoms with van der Waals surface area (Å²) in [5.41, 5.74) is 1.44. The summed E-state index contributed by atoms with van der Waals surface area (Å²) in [5, 5.41) is 10.9. The van der Waals surface area contributed by atoms with E-state index in [0.717, 1.165) is 17.9 Å². The van der Waals surface area contributed by atoms with Gasteiger partial charge in [-0.1, -0.05) is 5.21 Å². The average molecular weight is 393 g/mol. The Morgan fingerprint density at radius 1 is 1.33 bits per heavy atom. The van der Waals surface area contributed by atoms with Crippen LogP contribution >= 0.6 is 0 Å². The lowest BCUT2D eigenvalue weighted by molar-refractivity contribution is 0.196. The molecular weight excluding hydrogens is 370 g/mol. The number of rotatable bonds is 6. The Morgan fingerprint density at radius 2 is 2.07 bits per heavy atom. The molecule has 0 aliphatic carbocycles. The standard InChI is InChI=1S/C17H23N5O4S/c1-26-16-7-5-14(6-8-16)22-11-13(19-20-22)10-18-17(23)21-9-3-4-15(21)12-27(2,24)25/h5-8,11,15H,3-4,9-10,12H2,1-2H3,(H,18,23)/t15-/m1/s1. The van der Waals surface area contributed by atoms with Crippen molar-refractivity contribution in [2.75, 3.05) is 25.7 Å². The van der Waals surface area contributed by atoms with Gasteiger partial charge in [-0.2, -0.15) is 0 Å². The zero-order valence-electron chi connectivity index (χ0n) is 15.3. The SMILES string of the molecule is COc1ccc(-n2cc(CNC(=O)N3CCC[C@@H]3CS(C)(=O)=O)nn2)cc1. The van der Waals surface area contributed by atoms with E-state index in [1.807, 2.05) is 24.3 Å². The minimum atomic E-state index is -3.13. The molecule has 1 aliphatic heterocycles. The van der Waals surface area contributed by atoms with Crippen LogP contribution in [0.3, 0.4) is 0 Å². The molecule has 3 rings (SSSR count). The van der Waals surface area contributed by atoms with Crippen molar-refractivity contribution in [1.29, 1.82) is 0 Å².